The van der Waals surface area contributed by atoms with Gasteiger partial charge in [-0.15, -0.1) is 0 Å². The van der Waals surface area contributed by atoms with Gasteiger partial charge in [0.2, 0.25) is 0 Å². The van der Waals surface area contributed by atoms with E-state index in [1.165, 1.54) is 5.56 Å². The molecule has 144 valence electrons. The van der Waals surface area contributed by atoms with Gasteiger partial charge >= 0.3 is 0 Å². The van der Waals surface area contributed by atoms with Crippen LogP contribution in [0.5, 0.6) is 5.75 Å². The Bertz CT molecular complexity index is 1050. The van der Waals surface area contributed by atoms with Gasteiger partial charge in [0.1, 0.15) is 12.4 Å². The van der Waals surface area contributed by atoms with Crippen molar-refractivity contribution >= 4 is 17.3 Å². The van der Waals surface area contributed by atoms with Gasteiger partial charge < -0.3 is 15.0 Å². The van der Waals surface area contributed by atoms with Gasteiger partial charge in [-0.25, -0.2) is 0 Å². The predicted molar refractivity (Wildman–Crippen MR) is 113 cm³/mol. The van der Waals surface area contributed by atoms with Crippen molar-refractivity contribution in [3.8, 4) is 11.8 Å². The van der Waals surface area contributed by atoms with Crippen LogP contribution in [0.3, 0.4) is 0 Å². The molecule has 4 rings (SSSR count). The zero-order chi connectivity index (χ0) is 20.1. The summed E-state index contributed by atoms with van der Waals surface area (Å²) in [5, 5.41) is 12.1. The summed E-state index contributed by atoms with van der Waals surface area (Å²) < 4.78 is 5.68. The number of nitriles is 1. The number of ether oxygens (including phenoxy) is 1. The lowest BCUT2D eigenvalue weighted by Gasteiger charge is -2.18. The Morgan fingerprint density at radius 1 is 1.07 bits per heavy atom. The highest BCUT2D eigenvalue weighted by atomic mass is 16.5. The van der Waals surface area contributed by atoms with Crippen LogP contribution in [-0.4, -0.2) is 25.6 Å². The summed E-state index contributed by atoms with van der Waals surface area (Å²) in [5.74, 6) is 0.745. The lowest BCUT2D eigenvalue weighted by Crippen LogP contribution is -2.28. The number of benzene rings is 3. The van der Waals surface area contributed by atoms with Gasteiger partial charge in [-0.2, -0.15) is 5.26 Å². The molecule has 0 radical (unpaired) electrons. The summed E-state index contributed by atoms with van der Waals surface area (Å²) >= 11 is 0. The Morgan fingerprint density at radius 2 is 1.90 bits per heavy atom. The molecule has 0 fully saturated rings. The third-order valence-electron chi connectivity index (χ3n) is 4.93. The molecule has 0 unspecified atom stereocenters. The van der Waals surface area contributed by atoms with Gasteiger partial charge in [0, 0.05) is 30.0 Å². The normalized spacial score (nSPS) is 12.2. The average molecular weight is 383 g/mol. The largest absolute Gasteiger partial charge is 0.492 e. The Hall–Kier alpha value is -3.78. The van der Waals surface area contributed by atoms with E-state index in [2.05, 4.69) is 17.5 Å². The summed E-state index contributed by atoms with van der Waals surface area (Å²) in [4.78, 5) is 14.8. The fourth-order valence-corrected chi connectivity index (χ4v) is 3.46. The highest BCUT2D eigenvalue weighted by Gasteiger charge is 2.25. The molecule has 29 heavy (non-hydrogen) atoms. The van der Waals surface area contributed by atoms with E-state index >= 15 is 0 Å². The van der Waals surface area contributed by atoms with Crippen molar-refractivity contribution in [2.45, 2.75) is 6.42 Å². The third kappa shape index (κ3) is 4.22. The molecule has 3 aromatic carbocycles. The van der Waals surface area contributed by atoms with Crippen LogP contribution in [-0.2, 0) is 6.42 Å². The second-order valence-corrected chi connectivity index (χ2v) is 6.83. The van der Waals surface area contributed by atoms with E-state index in [4.69, 9.17) is 10.00 Å². The van der Waals surface area contributed by atoms with E-state index in [9.17, 15) is 4.79 Å². The molecule has 1 aliphatic rings. The zero-order valence-electron chi connectivity index (χ0n) is 16.0. The van der Waals surface area contributed by atoms with E-state index < -0.39 is 0 Å². The molecule has 0 saturated heterocycles. The van der Waals surface area contributed by atoms with Crippen molar-refractivity contribution in [3.05, 3.63) is 89.5 Å². The first-order chi connectivity index (χ1) is 14.2. The van der Waals surface area contributed by atoms with Crippen molar-refractivity contribution in [2.24, 2.45) is 0 Å². The molecule has 1 amide bonds. The number of rotatable bonds is 6. The monoisotopic (exact) mass is 383 g/mol. The first-order valence-corrected chi connectivity index (χ1v) is 9.61. The van der Waals surface area contributed by atoms with E-state index in [1.54, 1.807) is 24.3 Å². The number of amides is 1. The van der Waals surface area contributed by atoms with Gasteiger partial charge in [-0.3, -0.25) is 4.79 Å². The van der Waals surface area contributed by atoms with Crippen LogP contribution in [0.2, 0.25) is 0 Å². The number of nitrogens with zero attached hydrogens (tertiary/aromatic N) is 2. The molecule has 0 aliphatic carbocycles. The van der Waals surface area contributed by atoms with Crippen molar-refractivity contribution < 1.29 is 9.53 Å². The molecule has 1 N–H and O–H groups in total. The second kappa shape index (κ2) is 8.49. The zero-order valence-corrected chi connectivity index (χ0v) is 16.0. The molecule has 1 aliphatic heterocycles. The summed E-state index contributed by atoms with van der Waals surface area (Å²) in [5.41, 5.74) is 4.38. The maximum Gasteiger partial charge on any atom is 0.258 e. The van der Waals surface area contributed by atoms with Crippen LogP contribution in [0.1, 0.15) is 21.5 Å². The summed E-state index contributed by atoms with van der Waals surface area (Å²) in [6.45, 7) is 1.79. The number of hydrogen-bond donors (Lipinski definition) is 1. The maximum absolute atomic E-state index is 13.0. The molecule has 0 spiro atoms. The number of carbonyl (C=O) groups is 1. The van der Waals surface area contributed by atoms with Crippen LogP contribution >= 0.6 is 0 Å². The lowest BCUT2D eigenvalue weighted by atomic mass is 10.1. The molecule has 3 aromatic rings. The number of hydrogen-bond acceptors (Lipinski definition) is 4. The van der Waals surface area contributed by atoms with Gasteiger partial charge in [-0.05, 0) is 60.5 Å². The predicted octanol–water partition coefficient (Wildman–Crippen LogP) is 4.25. The van der Waals surface area contributed by atoms with Gasteiger partial charge in [0.15, 0.2) is 0 Å². The first-order valence-electron chi connectivity index (χ1n) is 9.61. The first kappa shape index (κ1) is 18.6. The number of anilines is 2. The second-order valence-electron chi connectivity index (χ2n) is 6.83. The molecule has 0 saturated carbocycles. The maximum atomic E-state index is 13.0. The Labute approximate surface area is 170 Å². The lowest BCUT2D eigenvalue weighted by molar-refractivity contribution is 0.0989. The molecular formula is C24H21N3O2. The molecule has 0 bridgehead atoms. The Kier molecular flexibility index (Phi) is 5.44. The Morgan fingerprint density at radius 3 is 2.72 bits per heavy atom. The molecule has 1 heterocycles. The number of nitrogens with one attached hydrogen (secondary N) is 1. The molecule has 5 heteroatoms. The minimum absolute atomic E-state index is 0.0208. The quantitative estimate of drug-likeness (QED) is 0.646. The minimum Gasteiger partial charge on any atom is -0.492 e. The highest BCUT2D eigenvalue weighted by Crippen LogP contribution is 2.29. The van der Waals surface area contributed by atoms with Crippen molar-refractivity contribution in [1.29, 1.82) is 5.26 Å². The van der Waals surface area contributed by atoms with E-state index in [0.29, 0.717) is 30.8 Å². The number of carbonyl (C=O) groups excluding carboxylic acids is 1. The summed E-state index contributed by atoms with van der Waals surface area (Å²) in [6, 6.07) is 24.7. The third-order valence-corrected chi connectivity index (χ3v) is 4.93. The van der Waals surface area contributed by atoms with Crippen LogP contribution in [0.4, 0.5) is 11.4 Å². The number of fused-ring (bicyclic) bond motifs is 1. The molecular weight excluding hydrogens is 362 g/mol. The van der Waals surface area contributed by atoms with E-state index in [0.717, 1.165) is 23.5 Å². The van der Waals surface area contributed by atoms with Crippen molar-refractivity contribution in [2.75, 3.05) is 29.9 Å². The fraction of sp³-hybridized carbons (Fsp3) is 0.167. The molecule has 5 nitrogen and oxygen atoms in total. The van der Waals surface area contributed by atoms with Crippen LogP contribution in [0.25, 0.3) is 0 Å². The van der Waals surface area contributed by atoms with E-state index in [-0.39, 0.29) is 5.91 Å². The van der Waals surface area contributed by atoms with Crippen LogP contribution in [0, 0.1) is 11.3 Å². The summed E-state index contributed by atoms with van der Waals surface area (Å²) in [7, 11) is 0. The molecule has 0 aromatic heterocycles. The molecule has 0 atom stereocenters. The fourth-order valence-electron chi connectivity index (χ4n) is 3.46. The van der Waals surface area contributed by atoms with Crippen molar-refractivity contribution in [1.82, 2.24) is 0 Å². The standard InChI is InChI=1S/C24H21N3O2/c25-17-18-8-10-22(11-9-18)29-15-13-26-21-6-3-5-20(16-21)24(28)27-14-12-19-4-1-2-7-23(19)27/h1-11,16,26H,12-15H2. The van der Waals surface area contributed by atoms with Crippen molar-refractivity contribution in [3.63, 3.8) is 0 Å². The summed E-state index contributed by atoms with van der Waals surface area (Å²) in [6.07, 6.45) is 0.895. The topological polar surface area (TPSA) is 65.4 Å². The van der Waals surface area contributed by atoms with Gasteiger partial charge in [-0.1, -0.05) is 24.3 Å². The smallest absolute Gasteiger partial charge is 0.258 e. The van der Waals surface area contributed by atoms with Gasteiger partial charge in [0.25, 0.3) is 5.91 Å². The van der Waals surface area contributed by atoms with E-state index in [1.807, 2.05) is 47.4 Å². The average Bonchev–Trinajstić information content (AvgIpc) is 3.21. The van der Waals surface area contributed by atoms with Gasteiger partial charge in [0.05, 0.1) is 11.6 Å². The van der Waals surface area contributed by atoms with Crippen LogP contribution < -0.4 is 15.0 Å². The Balaban J connectivity index is 1.34. The SMILES string of the molecule is N#Cc1ccc(OCCNc2cccc(C(=O)N3CCc4ccccc43)c2)cc1. The number of para-hydroxylation sites is 1. The minimum atomic E-state index is 0.0208. The van der Waals surface area contributed by atoms with Crippen LogP contribution in [0.15, 0.2) is 72.8 Å². The highest BCUT2D eigenvalue weighted by molar-refractivity contribution is 6.07.